The first kappa shape index (κ1) is 24.5. The molecule has 11 heteroatoms. The Bertz CT molecular complexity index is 1590. The van der Waals surface area contributed by atoms with Crippen molar-refractivity contribution in [3.8, 4) is 22.9 Å². The van der Waals surface area contributed by atoms with Gasteiger partial charge in [-0.05, 0) is 55.9 Å². The van der Waals surface area contributed by atoms with Crippen LogP contribution in [-0.2, 0) is 0 Å². The van der Waals surface area contributed by atoms with Crippen LogP contribution in [0.5, 0.6) is 5.75 Å². The summed E-state index contributed by atoms with van der Waals surface area (Å²) in [5, 5.41) is 13.3. The minimum absolute atomic E-state index is 0.140. The maximum absolute atomic E-state index is 13.4. The molecule has 3 aromatic heterocycles. The quantitative estimate of drug-likeness (QED) is 0.356. The number of nitriles is 1. The van der Waals surface area contributed by atoms with Crippen LogP contribution in [0.3, 0.4) is 0 Å². The number of nitrogens with zero attached hydrogens (tertiary/aromatic N) is 6. The predicted molar refractivity (Wildman–Crippen MR) is 147 cm³/mol. The molecule has 2 bridgehead atoms. The Labute approximate surface area is 228 Å². The summed E-state index contributed by atoms with van der Waals surface area (Å²) in [5.74, 6) is 1.92. The third kappa shape index (κ3) is 4.42. The van der Waals surface area contributed by atoms with Gasteiger partial charge in [0.2, 0.25) is 0 Å². The summed E-state index contributed by atoms with van der Waals surface area (Å²) in [5.41, 5.74) is 2.95. The number of carbonyl (C=O) groups is 1. The number of fused-ring (bicyclic) bond motifs is 3. The van der Waals surface area contributed by atoms with Crippen molar-refractivity contribution in [2.45, 2.75) is 19.8 Å². The minimum Gasteiger partial charge on any atom is -0.496 e. The van der Waals surface area contributed by atoms with E-state index >= 15 is 0 Å². The van der Waals surface area contributed by atoms with E-state index in [1.165, 1.54) is 11.3 Å². The number of methoxy groups -OCH3 is 1. The fourth-order valence-corrected chi connectivity index (χ4v) is 6.52. The van der Waals surface area contributed by atoms with Crippen LogP contribution in [-0.4, -0.2) is 46.0 Å². The summed E-state index contributed by atoms with van der Waals surface area (Å²) in [6.07, 6.45) is 5.44. The van der Waals surface area contributed by atoms with Gasteiger partial charge >= 0.3 is 0 Å². The summed E-state index contributed by atoms with van der Waals surface area (Å²) in [7, 11) is 1.58. The molecule has 2 atom stereocenters. The third-order valence-electron chi connectivity index (χ3n) is 7.37. The average Bonchev–Trinajstić information content (AvgIpc) is 3.43. The fraction of sp³-hybridized carbons (Fsp3) is 0.333. The van der Waals surface area contributed by atoms with Crippen molar-refractivity contribution in [3.63, 3.8) is 0 Å². The van der Waals surface area contributed by atoms with Crippen LogP contribution in [0.15, 0.2) is 36.7 Å². The summed E-state index contributed by atoms with van der Waals surface area (Å²) >= 11 is 7.54. The number of halogens is 1. The van der Waals surface area contributed by atoms with Crippen molar-refractivity contribution in [1.29, 1.82) is 5.26 Å². The van der Waals surface area contributed by atoms with Crippen LogP contribution in [0, 0.1) is 36.0 Å². The molecular weight excluding hydrogens is 522 g/mol. The molecule has 6 rings (SSSR count). The lowest BCUT2D eigenvalue weighted by Gasteiger charge is -2.35. The molecule has 2 fully saturated rings. The van der Waals surface area contributed by atoms with Gasteiger partial charge in [-0.2, -0.15) is 10.2 Å². The normalized spacial score (nSPS) is 20.4. The molecule has 1 saturated carbocycles. The van der Waals surface area contributed by atoms with Crippen molar-refractivity contribution in [2.75, 3.05) is 30.4 Å². The van der Waals surface area contributed by atoms with Crippen molar-refractivity contribution in [2.24, 2.45) is 17.8 Å². The molecule has 1 amide bonds. The average molecular weight is 546 g/mol. The predicted octanol–water partition coefficient (Wildman–Crippen LogP) is 5.36. The molecule has 1 N–H and O–H groups in total. The number of ether oxygens (including phenoxy) is 1. The first-order valence-corrected chi connectivity index (χ1v) is 13.5. The highest BCUT2D eigenvalue weighted by atomic mass is 35.5. The molecule has 38 heavy (non-hydrogen) atoms. The number of nitrogens with one attached hydrogen (secondary N) is 1. The number of aryl methyl sites for hydroxylation is 1. The number of hydrogen-bond donors (Lipinski definition) is 1. The van der Waals surface area contributed by atoms with Gasteiger partial charge in [-0.1, -0.05) is 22.9 Å². The van der Waals surface area contributed by atoms with Gasteiger partial charge in [0.1, 0.15) is 11.6 Å². The van der Waals surface area contributed by atoms with Gasteiger partial charge in [0.15, 0.2) is 15.6 Å². The van der Waals surface area contributed by atoms with Crippen LogP contribution in [0.4, 0.5) is 10.9 Å². The van der Waals surface area contributed by atoms with E-state index in [1.54, 1.807) is 37.7 Å². The second-order valence-electron chi connectivity index (χ2n) is 9.70. The highest BCUT2D eigenvalue weighted by Gasteiger charge is 2.42. The molecule has 1 saturated heterocycles. The standard InChI is InChI=1S/C27H24ClN7O2S/c1-14-7-18(19-8-17(28)5-6-22(19)37-2)21(10-30-14)25(36)34-27-33-24-26(38-27)32-23(11-31-24)35-12-15-3-4-16(13-35)20(15)9-29/h5-8,10-11,15-16,20H,3-4,12-13H2,1-2H3,(H,31,33,34,36). The van der Waals surface area contributed by atoms with E-state index in [0.29, 0.717) is 54.9 Å². The van der Waals surface area contributed by atoms with E-state index < -0.39 is 0 Å². The van der Waals surface area contributed by atoms with Gasteiger partial charge < -0.3 is 9.64 Å². The summed E-state index contributed by atoms with van der Waals surface area (Å²) in [6.45, 7) is 3.49. The van der Waals surface area contributed by atoms with Gasteiger partial charge in [0.05, 0.1) is 30.9 Å². The summed E-state index contributed by atoms with van der Waals surface area (Å²) in [4.78, 5) is 34.4. The van der Waals surface area contributed by atoms with Crippen LogP contribution < -0.4 is 15.0 Å². The highest BCUT2D eigenvalue weighted by molar-refractivity contribution is 7.21. The fourth-order valence-electron chi connectivity index (χ4n) is 5.56. The molecule has 4 aromatic rings. The van der Waals surface area contributed by atoms with Crippen LogP contribution in [0.1, 0.15) is 28.9 Å². The third-order valence-corrected chi connectivity index (χ3v) is 8.46. The highest BCUT2D eigenvalue weighted by Crippen LogP contribution is 2.42. The molecule has 4 heterocycles. The Hall–Kier alpha value is -3.81. The van der Waals surface area contributed by atoms with Gasteiger partial charge in [-0.25, -0.2) is 9.97 Å². The molecule has 192 valence electrons. The number of aromatic nitrogens is 4. The zero-order valence-electron chi connectivity index (χ0n) is 20.8. The number of amides is 1. The summed E-state index contributed by atoms with van der Waals surface area (Å²) < 4.78 is 5.52. The number of carbonyl (C=O) groups excluding carboxylic acids is 1. The summed E-state index contributed by atoms with van der Waals surface area (Å²) in [6, 6.07) is 9.61. The zero-order valence-corrected chi connectivity index (χ0v) is 22.4. The number of thiazole rings is 1. The first-order valence-electron chi connectivity index (χ1n) is 12.3. The SMILES string of the molecule is COc1ccc(Cl)cc1-c1cc(C)ncc1C(=O)Nc1nc2ncc(N3CC4CCC(C3)C4C#N)nc2s1. The smallest absolute Gasteiger partial charge is 0.259 e. The molecule has 0 radical (unpaired) electrons. The van der Waals surface area contributed by atoms with E-state index in [4.69, 9.17) is 21.3 Å². The lowest BCUT2D eigenvalue weighted by atomic mass is 9.86. The van der Waals surface area contributed by atoms with E-state index in [9.17, 15) is 10.1 Å². The Morgan fingerprint density at radius 3 is 2.68 bits per heavy atom. The number of anilines is 2. The molecule has 2 aliphatic rings. The van der Waals surface area contributed by atoms with Crippen molar-refractivity contribution >= 4 is 50.3 Å². The van der Waals surface area contributed by atoms with Crippen molar-refractivity contribution in [1.82, 2.24) is 19.9 Å². The van der Waals surface area contributed by atoms with Crippen molar-refractivity contribution < 1.29 is 9.53 Å². The molecule has 1 aromatic carbocycles. The lowest BCUT2D eigenvalue weighted by molar-refractivity contribution is 0.102. The second-order valence-corrected chi connectivity index (χ2v) is 11.1. The van der Waals surface area contributed by atoms with E-state index in [0.717, 1.165) is 37.4 Å². The van der Waals surface area contributed by atoms with E-state index in [1.807, 2.05) is 13.0 Å². The maximum atomic E-state index is 13.4. The van der Waals surface area contributed by atoms with Gasteiger partial charge in [0.25, 0.3) is 5.91 Å². The second kappa shape index (κ2) is 9.82. The Balaban J connectivity index is 1.27. The van der Waals surface area contributed by atoms with Crippen LogP contribution >= 0.6 is 22.9 Å². The minimum atomic E-state index is -0.357. The molecule has 9 nitrogen and oxygen atoms in total. The van der Waals surface area contributed by atoms with Crippen LogP contribution in [0.25, 0.3) is 21.6 Å². The zero-order chi connectivity index (χ0) is 26.4. The number of hydrogen-bond acceptors (Lipinski definition) is 9. The molecular formula is C27H24ClN7O2S. The number of piperidine rings is 1. The van der Waals surface area contributed by atoms with Gasteiger partial charge in [0, 0.05) is 41.1 Å². The Morgan fingerprint density at radius 1 is 1.16 bits per heavy atom. The van der Waals surface area contributed by atoms with E-state index in [-0.39, 0.29) is 11.8 Å². The first-order chi connectivity index (χ1) is 18.4. The molecule has 1 aliphatic carbocycles. The van der Waals surface area contributed by atoms with Gasteiger partial charge in [-0.3, -0.25) is 15.1 Å². The topological polar surface area (TPSA) is 117 Å². The van der Waals surface area contributed by atoms with E-state index in [2.05, 4.69) is 31.2 Å². The van der Waals surface area contributed by atoms with Gasteiger partial charge in [-0.15, -0.1) is 0 Å². The lowest BCUT2D eigenvalue weighted by Crippen LogP contribution is -2.41. The Morgan fingerprint density at radius 2 is 1.95 bits per heavy atom. The number of pyridine rings is 1. The number of rotatable bonds is 5. The molecule has 1 aliphatic heterocycles. The number of benzene rings is 1. The maximum Gasteiger partial charge on any atom is 0.259 e. The monoisotopic (exact) mass is 545 g/mol. The van der Waals surface area contributed by atoms with Crippen molar-refractivity contribution in [3.05, 3.63) is 52.9 Å². The largest absolute Gasteiger partial charge is 0.496 e. The molecule has 0 spiro atoms. The Kier molecular flexibility index (Phi) is 6.33. The van der Waals surface area contributed by atoms with Crippen LogP contribution in [0.2, 0.25) is 5.02 Å². The molecule has 2 unspecified atom stereocenters.